The fourth-order valence-electron chi connectivity index (χ4n) is 4.64. The lowest BCUT2D eigenvalue weighted by Gasteiger charge is -2.23. The van der Waals surface area contributed by atoms with Crippen LogP contribution in [0.3, 0.4) is 0 Å². The molecular weight excluding hydrogens is 474 g/mol. The summed E-state index contributed by atoms with van der Waals surface area (Å²) >= 11 is 1.51. The molecule has 194 valence electrons. The highest BCUT2D eigenvalue weighted by atomic mass is 32.1. The minimum Gasteiger partial charge on any atom is -0.496 e. The summed E-state index contributed by atoms with van der Waals surface area (Å²) in [7, 11) is 3.84. The highest BCUT2D eigenvalue weighted by Gasteiger charge is 2.31. The molecule has 1 aromatic carbocycles. The molecule has 8 heteroatoms. The molecule has 2 amide bonds. The van der Waals surface area contributed by atoms with Gasteiger partial charge in [-0.1, -0.05) is 18.2 Å². The quantitative estimate of drug-likeness (QED) is 0.598. The Balaban J connectivity index is 1.46. The van der Waals surface area contributed by atoms with E-state index in [1.165, 1.54) is 16.9 Å². The maximum Gasteiger partial charge on any atom is 0.407 e. The Morgan fingerprint density at radius 3 is 2.61 bits per heavy atom. The average molecular weight is 512 g/mol. The second-order valence-corrected chi connectivity index (χ2v) is 11.7. The van der Waals surface area contributed by atoms with Crippen molar-refractivity contribution in [1.29, 1.82) is 0 Å². The van der Waals surface area contributed by atoms with Gasteiger partial charge in [0, 0.05) is 36.6 Å². The maximum absolute atomic E-state index is 13.3. The molecular formula is C28H37N3O4S. The van der Waals surface area contributed by atoms with Crippen molar-refractivity contribution < 1.29 is 19.1 Å². The van der Waals surface area contributed by atoms with E-state index < -0.39 is 11.7 Å². The second-order valence-electron chi connectivity index (χ2n) is 10.7. The third kappa shape index (κ3) is 6.10. The lowest BCUT2D eigenvalue weighted by atomic mass is 9.97. The summed E-state index contributed by atoms with van der Waals surface area (Å²) in [5.74, 6) is 0.870. The van der Waals surface area contributed by atoms with Gasteiger partial charge in [0.2, 0.25) is 0 Å². The van der Waals surface area contributed by atoms with Crippen molar-refractivity contribution in [3.63, 3.8) is 0 Å². The molecule has 0 unspecified atom stereocenters. The standard InChI is InChI=1S/C28H37N3O4S/c1-18-15-24(20-7-8-22(23(16-20)34-6)19-9-12-30(5)13-10-19)36-25(18)26(32)31-14-11-21(17-31)29-27(33)35-28(2,3)4/h7-9,15-16,21H,10-14,17H2,1-6H3,(H,29,33)/t21-/m0/s1. The van der Waals surface area contributed by atoms with Crippen LogP contribution in [-0.2, 0) is 4.74 Å². The lowest BCUT2D eigenvalue weighted by molar-refractivity contribution is 0.0502. The number of likely N-dealkylation sites (tertiary alicyclic amines) is 1. The van der Waals surface area contributed by atoms with E-state index in [9.17, 15) is 9.59 Å². The van der Waals surface area contributed by atoms with Crippen molar-refractivity contribution in [2.45, 2.75) is 52.2 Å². The normalized spacial score (nSPS) is 18.7. The SMILES string of the molecule is COc1cc(-c2cc(C)c(C(=O)N3CC[C@H](NC(=O)OC(C)(C)C)C3)s2)ccc1C1=CCN(C)CC1. The van der Waals surface area contributed by atoms with Crippen LogP contribution in [0.5, 0.6) is 5.75 Å². The van der Waals surface area contributed by atoms with Crippen LogP contribution in [0.4, 0.5) is 4.79 Å². The molecule has 1 N–H and O–H groups in total. The van der Waals surface area contributed by atoms with E-state index in [4.69, 9.17) is 9.47 Å². The highest BCUT2D eigenvalue weighted by Crippen LogP contribution is 2.38. The molecule has 3 heterocycles. The molecule has 2 aromatic rings. The molecule has 0 aliphatic carbocycles. The van der Waals surface area contributed by atoms with Crippen LogP contribution < -0.4 is 10.1 Å². The molecule has 0 radical (unpaired) electrons. The van der Waals surface area contributed by atoms with Gasteiger partial charge in [0.05, 0.1) is 18.0 Å². The number of benzene rings is 1. The number of amides is 2. The lowest BCUT2D eigenvalue weighted by Crippen LogP contribution is -2.41. The van der Waals surface area contributed by atoms with E-state index in [0.717, 1.165) is 51.7 Å². The molecule has 36 heavy (non-hydrogen) atoms. The van der Waals surface area contributed by atoms with Gasteiger partial charge in [-0.2, -0.15) is 0 Å². The Morgan fingerprint density at radius 2 is 1.94 bits per heavy atom. The number of hydrogen-bond donors (Lipinski definition) is 1. The summed E-state index contributed by atoms with van der Waals surface area (Å²) in [4.78, 5) is 31.4. The van der Waals surface area contributed by atoms with Crippen molar-refractivity contribution in [1.82, 2.24) is 15.1 Å². The number of alkyl carbamates (subject to hydrolysis) is 1. The zero-order chi connectivity index (χ0) is 26.0. The van der Waals surface area contributed by atoms with Crippen LogP contribution in [0.2, 0.25) is 0 Å². The Bertz CT molecular complexity index is 1160. The first kappa shape index (κ1) is 26.2. The number of methoxy groups -OCH3 is 1. The molecule has 0 spiro atoms. The molecule has 1 atom stereocenters. The molecule has 4 rings (SSSR count). The topological polar surface area (TPSA) is 71.1 Å². The van der Waals surface area contributed by atoms with Crippen LogP contribution >= 0.6 is 11.3 Å². The van der Waals surface area contributed by atoms with Gasteiger partial charge in [0.1, 0.15) is 11.4 Å². The molecule has 1 fully saturated rings. The number of carbonyl (C=O) groups excluding carboxylic acids is 2. The van der Waals surface area contributed by atoms with Crippen LogP contribution in [0.25, 0.3) is 16.0 Å². The van der Waals surface area contributed by atoms with E-state index in [0.29, 0.717) is 19.5 Å². The minimum absolute atomic E-state index is 0.0114. The molecule has 2 aliphatic rings. The van der Waals surface area contributed by atoms with Gasteiger partial charge in [0.25, 0.3) is 5.91 Å². The number of nitrogens with one attached hydrogen (secondary N) is 1. The predicted molar refractivity (Wildman–Crippen MR) is 145 cm³/mol. The van der Waals surface area contributed by atoms with Gasteiger partial charge in [-0.05, 0) is 76.4 Å². The molecule has 1 saturated heterocycles. The first-order valence-electron chi connectivity index (χ1n) is 12.5. The van der Waals surface area contributed by atoms with Crippen LogP contribution in [0.15, 0.2) is 30.3 Å². The van der Waals surface area contributed by atoms with Crippen molar-refractivity contribution in [3.8, 4) is 16.2 Å². The minimum atomic E-state index is -0.548. The van der Waals surface area contributed by atoms with Gasteiger partial charge in [0.15, 0.2) is 0 Å². The molecule has 7 nitrogen and oxygen atoms in total. The largest absolute Gasteiger partial charge is 0.496 e. The fourth-order valence-corrected chi connectivity index (χ4v) is 5.78. The maximum atomic E-state index is 13.3. The number of carbonyl (C=O) groups is 2. The van der Waals surface area contributed by atoms with Crippen LogP contribution in [0, 0.1) is 6.92 Å². The number of hydrogen-bond acceptors (Lipinski definition) is 6. The Labute approximate surface area is 218 Å². The number of ether oxygens (including phenoxy) is 2. The Kier molecular flexibility index (Phi) is 7.76. The van der Waals surface area contributed by atoms with E-state index in [1.807, 2.05) is 32.6 Å². The third-order valence-corrected chi connectivity index (χ3v) is 7.83. The monoisotopic (exact) mass is 511 g/mol. The predicted octanol–water partition coefficient (Wildman–Crippen LogP) is 5.19. The van der Waals surface area contributed by atoms with E-state index in [1.54, 1.807) is 7.11 Å². The van der Waals surface area contributed by atoms with Crippen molar-refractivity contribution >= 4 is 28.9 Å². The van der Waals surface area contributed by atoms with Crippen LogP contribution in [-0.4, -0.2) is 73.8 Å². The van der Waals surface area contributed by atoms with Crippen molar-refractivity contribution in [3.05, 3.63) is 46.3 Å². The zero-order valence-corrected chi connectivity index (χ0v) is 23.0. The highest BCUT2D eigenvalue weighted by molar-refractivity contribution is 7.17. The van der Waals surface area contributed by atoms with Gasteiger partial charge >= 0.3 is 6.09 Å². The fraction of sp³-hybridized carbons (Fsp3) is 0.500. The van der Waals surface area contributed by atoms with E-state index in [-0.39, 0.29) is 11.9 Å². The molecule has 1 aromatic heterocycles. The number of nitrogens with zero attached hydrogens (tertiary/aromatic N) is 2. The summed E-state index contributed by atoms with van der Waals surface area (Å²) in [5.41, 5.74) is 3.91. The summed E-state index contributed by atoms with van der Waals surface area (Å²) in [6, 6.07) is 8.30. The second kappa shape index (κ2) is 10.6. The molecule has 0 saturated carbocycles. The molecule has 2 aliphatic heterocycles. The van der Waals surface area contributed by atoms with Gasteiger partial charge in [-0.15, -0.1) is 11.3 Å². The van der Waals surface area contributed by atoms with Gasteiger partial charge < -0.3 is 24.6 Å². The van der Waals surface area contributed by atoms with Crippen molar-refractivity contribution in [2.75, 3.05) is 40.3 Å². The van der Waals surface area contributed by atoms with E-state index >= 15 is 0 Å². The first-order valence-corrected chi connectivity index (χ1v) is 13.3. The summed E-state index contributed by atoms with van der Waals surface area (Å²) in [5, 5.41) is 2.89. The smallest absolute Gasteiger partial charge is 0.407 e. The Hall–Kier alpha value is -2.84. The molecule has 0 bridgehead atoms. The Morgan fingerprint density at radius 1 is 1.17 bits per heavy atom. The summed E-state index contributed by atoms with van der Waals surface area (Å²) < 4.78 is 11.1. The van der Waals surface area contributed by atoms with Gasteiger partial charge in [-0.25, -0.2) is 4.79 Å². The van der Waals surface area contributed by atoms with Crippen molar-refractivity contribution in [2.24, 2.45) is 0 Å². The third-order valence-electron chi connectivity index (χ3n) is 6.55. The number of rotatable bonds is 5. The van der Waals surface area contributed by atoms with E-state index in [2.05, 4.69) is 47.6 Å². The first-order chi connectivity index (χ1) is 17.0. The zero-order valence-electron chi connectivity index (χ0n) is 22.1. The van der Waals surface area contributed by atoms with Gasteiger partial charge in [-0.3, -0.25) is 4.79 Å². The summed E-state index contributed by atoms with van der Waals surface area (Å²) in [6.07, 6.45) is 3.55. The number of aryl methyl sites for hydroxylation is 1. The number of likely N-dealkylation sites (N-methyl/N-ethyl adjacent to an activating group) is 1. The summed E-state index contributed by atoms with van der Waals surface area (Å²) in [6.45, 7) is 10.6. The number of thiophene rings is 1. The van der Waals surface area contributed by atoms with Crippen LogP contribution in [0.1, 0.15) is 54.4 Å². The average Bonchev–Trinajstić information content (AvgIpc) is 3.44.